The van der Waals surface area contributed by atoms with Crippen LogP contribution in [-0.2, 0) is 14.3 Å². The third-order valence-electron chi connectivity index (χ3n) is 3.09. The number of carbonyl (C=O) groups is 3. The van der Waals surface area contributed by atoms with Crippen molar-refractivity contribution in [3.63, 3.8) is 0 Å². The predicted octanol–water partition coefficient (Wildman–Crippen LogP) is 2.00. The summed E-state index contributed by atoms with van der Waals surface area (Å²) in [6, 6.07) is 2.06. The molecule has 0 radical (unpaired) electrons. The minimum Gasteiger partial charge on any atom is -0.467 e. The molecule has 1 amide bonds. The summed E-state index contributed by atoms with van der Waals surface area (Å²) in [5.41, 5.74) is -0.518. The second-order valence-corrected chi connectivity index (χ2v) is 4.58. The first-order valence-corrected chi connectivity index (χ1v) is 6.75. The number of hydrogen-bond donors (Lipinski definition) is 1. The highest BCUT2D eigenvalue weighted by molar-refractivity contribution is 5.97. The molecule has 0 fully saturated rings. The van der Waals surface area contributed by atoms with Crippen molar-refractivity contribution in [1.29, 1.82) is 0 Å². The summed E-state index contributed by atoms with van der Waals surface area (Å²) in [6.45, 7) is 1.68. The molecule has 22 heavy (non-hydrogen) atoms. The van der Waals surface area contributed by atoms with E-state index in [1.165, 1.54) is 6.07 Å². The fraction of sp³-hybridized carbons (Fsp3) is 0.400. The molecule has 1 aromatic rings. The molecule has 0 aliphatic carbocycles. The van der Waals surface area contributed by atoms with Crippen molar-refractivity contribution >= 4 is 17.7 Å². The summed E-state index contributed by atoms with van der Waals surface area (Å²) >= 11 is 0. The number of esters is 1. The zero-order valence-corrected chi connectivity index (χ0v) is 12.3. The second kappa shape index (κ2) is 8.21. The number of hydrogen-bond acceptors (Lipinski definition) is 4. The van der Waals surface area contributed by atoms with Crippen LogP contribution in [-0.4, -0.2) is 30.8 Å². The van der Waals surface area contributed by atoms with Gasteiger partial charge in [-0.2, -0.15) is 0 Å². The van der Waals surface area contributed by atoms with Crippen LogP contribution in [0, 0.1) is 11.6 Å². The zero-order valence-electron chi connectivity index (χ0n) is 12.3. The lowest BCUT2D eigenvalue weighted by molar-refractivity contribution is -0.143. The molecular formula is C15H17F2NO4. The average Bonchev–Trinajstić information content (AvgIpc) is 2.52. The van der Waals surface area contributed by atoms with Crippen LogP contribution in [0.25, 0.3) is 0 Å². The highest BCUT2D eigenvalue weighted by Crippen LogP contribution is 2.12. The molecule has 120 valence electrons. The number of carbonyl (C=O) groups excluding carboxylic acids is 3. The van der Waals surface area contributed by atoms with Crippen LogP contribution in [0.4, 0.5) is 8.78 Å². The summed E-state index contributed by atoms with van der Waals surface area (Å²) in [7, 11) is 1.13. The molecule has 0 saturated carbocycles. The molecule has 0 aliphatic rings. The van der Waals surface area contributed by atoms with Crippen LogP contribution in [0.3, 0.4) is 0 Å². The van der Waals surface area contributed by atoms with E-state index in [1.807, 2.05) is 0 Å². The highest BCUT2D eigenvalue weighted by atomic mass is 19.2. The quantitative estimate of drug-likeness (QED) is 0.781. The summed E-state index contributed by atoms with van der Waals surface area (Å²) in [4.78, 5) is 34.9. The van der Waals surface area contributed by atoms with Crippen molar-refractivity contribution < 1.29 is 27.9 Å². The first-order valence-electron chi connectivity index (χ1n) is 6.75. The van der Waals surface area contributed by atoms with Gasteiger partial charge in [-0.05, 0) is 18.6 Å². The molecule has 1 atom stereocenters. The molecule has 0 saturated heterocycles. The number of benzene rings is 1. The molecule has 1 rings (SSSR count). The Balaban J connectivity index is 2.84. The smallest absolute Gasteiger partial charge is 0.328 e. The van der Waals surface area contributed by atoms with E-state index >= 15 is 0 Å². The summed E-state index contributed by atoms with van der Waals surface area (Å²) in [5, 5.41) is 2.26. The first-order chi connectivity index (χ1) is 10.4. The van der Waals surface area contributed by atoms with Crippen molar-refractivity contribution in [2.24, 2.45) is 0 Å². The SMILES string of the molecule is CCC(=O)CC[C@@H](NC(=O)c1cccc(F)c1F)C(=O)OC. The van der Waals surface area contributed by atoms with Gasteiger partial charge in [0, 0.05) is 12.8 Å². The third kappa shape index (κ3) is 4.61. The van der Waals surface area contributed by atoms with Crippen molar-refractivity contribution in [3.05, 3.63) is 35.4 Å². The zero-order chi connectivity index (χ0) is 16.7. The van der Waals surface area contributed by atoms with E-state index in [4.69, 9.17) is 0 Å². The first kappa shape index (κ1) is 17.7. The lowest BCUT2D eigenvalue weighted by Crippen LogP contribution is -2.42. The number of halogens is 2. The van der Waals surface area contributed by atoms with E-state index in [1.54, 1.807) is 6.92 Å². The van der Waals surface area contributed by atoms with Crippen molar-refractivity contribution in [3.8, 4) is 0 Å². The van der Waals surface area contributed by atoms with Crippen LogP contribution >= 0.6 is 0 Å². The molecule has 0 unspecified atom stereocenters. The third-order valence-corrected chi connectivity index (χ3v) is 3.09. The molecule has 7 heteroatoms. The maximum atomic E-state index is 13.5. The number of nitrogens with one attached hydrogen (secondary N) is 1. The Morgan fingerprint density at radius 2 is 1.95 bits per heavy atom. The predicted molar refractivity (Wildman–Crippen MR) is 74.2 cm³/mol. The van der Waals surface area contributed by atoms with E-state index in [-0.39, 0.29) is 18.6 Å². The Morgan fingerprint density at radius 3 is 2.55 bits per heavy atom. The fourth-order valence-electron chi connectivity index (χ4n) is 1.79. The lowest BCUT2D eigenvalue weighted by Gasteiger charge is -2.16. The second-order valence-electron chi connectivity index (χ2n) is 4.58. The maximum Gasteiger partial charge on any atom is 0.328 e. The number of ether oxygens (including phenoxy) is 1. The Labute approximate surface area is 126 Å². The molecule has 1 N–H and O–H groups in total. The minimum atomic E-state index is -1.30. The summed E-state index contributed by atoms with van der Waals surface area (Å²) < 4.78 is 31.2. The van der Waals surface area contributed by atoms with Gasteiger partial charge in [-0.15, -0.1) is 0 Å². The van der Waals surface area contributed by atoms with Crippen LogP contribution in [0.1, 0.15) is 36.5 Å². The van der Waals surface area contributed by atoms with Crippen molar-refractivity contribution in [2.45, 2.75) is 32.2 Å². The van der Waals surface area contributed by atoms with Crippen LogP contribution in [0.2, 0.25) is 0 Å². The number of Topliss-reactive ketones (excluding diaryl/α,β-unsaturated/α-hetero) is 1. The van der Waals surface area contributed by atoms with Crippen LogP contribution < -0.4 is 5.32 Å². The average molecular weight is 313 g/mol. The number of methoxy groups -OCH3 is 1. The normalized spacial score (nSPS) is 11.6. The van der Waals surface area contributed by atoms with Crippen LogP contribution in [0.15, 0.2) is 18.2 Å². The summed E-state index contributed by atoms with van der Waals surface area (Å²) in [6.07, 6.45) is 0.407. The van der Waals surface area contributed by atoms with Gasteiger partial charge >= 0.3 is 5.97 Å². The van der Waals surface area contributed by atoms with Gasteiger partial charge in [0.15, 0.2) is 11.6 Å². The molecule has 5 nitrogen and oxygen atoms in total. The fourth-order valence-corrected chi connectivity index (χ4v) is 1.79. The van der Waals surface area contributed by atoms with Gasteiger partial charge in [0.25, 0.3) is 5.91 Å². The highest BCUT2D eigenvalue weighted by Gasteiger charge is 2.24. The van der Waals surface area contributed by atoms with Crippen molar-refractivity contribution in [1.82, 2.24) is 5.32 Å². The monoisotopic (exact) mass is 313 g/mol. The van der Waals surface area contributed by atoms with Gasteiger partial charge in [-0.3, -0.25) is 9.59 Å². The minimum absolute atomic E-state index is 0.0298. The Bertz CT molecular complexity index is 575. The lowest BCUT2D eigenvalue weighted by atomic mass is 10.1. The summed E-state index contributed by atoms with van der Waals surface area (Å²) in [5.74, 6) is -4.25. The largest absolute Gasteiger partial charge is 0.467 e. The van der Waals surface area contributed by atoms with Gasteiger partial charge in [0.1, 0.15) is 11.8 Å². The molecule has 0 aromatic heterocycles. The number of ketones is 1. The van der Waals surface area contributed by atoms with Crippen molar-refractivity contribution in [2.75, 3.05) is 7.11 Å². The Morgan fingerprint density at radius 1 is 1.27 bits per heavy atom. The molecular weight excluding hydrogens is 296 g/mol. The van der Waals surface area contributed by atoms with Gasteiger partial charge in [0.05, 0.1) is 12.7 Å². The topological polar surface area (TPSA) is 72.5 Å². The molecule has 0 spiro atoms. The Kier molecular flexibility index (Phi) is 6.62. The van der Waals surface area contributed by atoms with E-state index < -0.39 is 35.1 Å². The van der Waals surface area contributed by atoms with Gasteiger partial charge < -0.3 is 10.1 Å². The van der Waals surface area contributed by atoms with Gasteiger partial charge in [0.2, 0.25) is 0 Å². The van der Waals surface area contributed by atoms with E-state index in [0.29, 0.717) is 6.42 Å². The molecule has 1 aromatic carbocycles. The van der Waals surface area contributed by atoms with E-state index in [2.05, 4.69) is 10.1 Å². The van der Waals surface area contributed by atoms with Gasteiger partial charge in [-0.25, -0.2) is 13.6 Å². The number of amides is 1. The standard InChI is InChI=1S/C15H17F2NO4/c1-3-9(19)7-8-12(15(21)22-2)18-14(20)10-5-4-6-11(16)13(10)17/h4-6,12H,3,7-8H2,1-2H3,(H,18,20)/t12-/m1/s1. The number of rotatable bonds is 7. The van der Waals surface area contributed by atoms with E-state index in [0.717, 1.165) is 19.2 Å². The molecule has 0 heterocycles. The molecule has 0 bridgehead atoms. The Hall–Kier alpha value is -2.31. The maximum absolute atomic E-state index is 13.5. The van der Waals surface area contributed by atoms with Gasteiger partial charge in [-0.1, -0.05) is 13.0 Å². The van der Waals surface area contributed by atoms with E-state index in [9.17, 15) is 23.2 Å². The molecule has 0 aliphatic heterocycles. The van der Waals surface area contributed by atoms with Crippen LogP contribution in [0.5, 0.6) is 0 Å².